The minimum absolute atomic E-state index is 0.0270. The third kappa shape index (κ3) is 8.25. The number of benzene rings is 1. The second-order valence-corrected chi connectivity index (χ2v) is 8.27. The summed E-state index contributed by atoms with van der Waals surface area (Å²) in [5.74, 6) is 1.42. The number of hydrogen-bond donors (Lipinski definition) is 2. The molecule has 0 aromatic heterocycles. The van der Waals surface area contributed by atoms with Crippen LogP contribution in [0.5, 0.6) is 11.5 Å². The molecule has 1 aromatic carbocycles. The van der Waals surface area contributed by atoms with Gasteiger partial charge >= 0.3 is 6.09 Å². The van der Waals surface area contributed by atoms with Gasteiger partial charge in [0.05, 0.1) is 7.11 Å². The van der Waals surface area contributed by atoms with Crippen molar-refractivity contribution in [1.29, 1.82) is 0 Å². The molecule has 3 N–H and O–H groups in total. The van der Waals surface area contributed by atoms with E-state index >= 15 is 0 Å². The molecule has 0 bridgehead atoms. The summed E-state index contributed by atoms with van der Waals surface area (Å²) < 4.78 is 10.9. The van der Waals surface area contributed by atoms with Gasteiger partial charge < -0.3 is 25.4 Å². The lowest BCUT2D eigenvalue weighted by Crippen LogP contribution is -2.41. The van der Waals surface area contributed by atoms with Crippen LogP contribution in [0.25, 0.3) is 0 Å². The summed E-state index contributed by atoms with van der Waals surface area (Å²) >= 11 is 0. The number of nitrogens with one attached hydrogen (secondary N) is 1. The van der Waals surface area contributed by atoms with E-state index in [1.54, 1.807) is 17.0 Å². The van der Waals surface area contributed by atoms with Gasteiger partial charge in [-0.3, -0.25) is 4.79 Å². The lowest BCUT2D eigenvalue weighted by Gasteiger charge is -2.23. The standard InChI is InChI=1S/C24H37N3O4/c1-18(2)9-6-4-5-7-11-23(28)26-17-19-12-13-21(22(15-19)30-3)31-24(29)27-14-8-10-20(27)16-25/h6,9,12-13,15,18,20H,4-5,7-8,10-11,14,16-17,25H2,1-3H3,(H,26,28)/b9-6+. The maximum absolute atomic E-state index is 12.5. The van der Waals surface area contributed by atoms with Gasteiger partial charge in [0.25, 0.3) is 0 Å². The topological polar surface area (TPSA) is 93.9 Å². The SMILES string of the molecule is COc1cc(CNC(=O)CCCC/C=C/C(C)C)ccc1OC(=O)N1CCCC1CN. The predicted molar refractivity (Wildman–Crippen MR) is 122 cm³/mol. The number of likely N-dealkylation sites (tertiary alicyclic amines) is 1. The molecule has 31 heavy (non-hydrogen) atoms. The van der Waals surface area contributed by atoms with Crippen molar-refractivity contribution in [2.75, 3.05) is 20.2 Å². The number of amides is 2. The van der Waals surface area contributed by atoms with Crippen molar-refractivity contribution in [2.24, 2.45) is 11.7 Å². The molecule has 0 radical (unpaired) electrons. The average molecular weight is 432 g/mol. The normalized spacial score (nSPS) is 16.2. The highest BCUT2D eigenvalue weighted by molar-refractivity contribution is 5.76. The van der Waals surface area contributed by atoms with E-state index in [4.69, 9.17) is 15.2 Å². The molecule has 2 rings (SSSR count). The van der Waals surface area contributed by atoms with E-state index < -0.39 is 6.09 Å². The Balaban J connectivity index is 1.80. The summed E-state index contributed by atoms with van der Waals surface area (Å²) in [6, 6.07) is 5.34. The summed E-state index contributed by atoms with van der Waals surface area (Å²) in [5.41, 5.74) is 6.62. The van der Waals surface area contributed by atoms with Gasteiger partial charge in [-0.05, 0) is 55.7 Å². The van der Waals surface area contributed by atoms with Gasteiger partial charge in [0.2, 0.25) is 5.91 Å². The molecule has 1 saturated heterocycles. The molecule has 2 amide bonds. The zero-order valence-corrected chi connectivity index (χ0v) is 19.1. The van der Waals surface area contributed by atoms with Crippen LogP contribution >= 0.6 is 0 Å². The van der Waals surface area contributed by atoms with E-state index in [2.05, 4.69) is 31.3 Å². The van der Waals surface area contributed by atoms with Gasteiger partial charge in [-0.25, -0.2) is 4.79 Å². The molecule has 1 aliphatic heterocycles. The first-order valence-electron chi connectivity index (χ1n) is 11.2. The third-order valence-electron chi connectivity index (χ3n) is 5.34. The maximum atomic E-state index is 12.5. The first-order chi connectivity index (χ1) is 14.9. The highest BCUT2D eigenvalue weighted by Crippen LogP contribution is 2.29. The average Bonchev–Trinajstić information content (AvgIpc) is 3.24. The van der Waals surface area contributed by atoms with E-state index in [9.17, 15) is 9.59 Å². The Morgan fingerprint density at radius 1 is 1.29 bits per heavy atom. The molecule has 1 fully saturated rings. The van der Waals surface area contributed by atoms with E-state index in [0.717, 1.165) is 37.7 Å². The van der Waals surface area contributed by atoms with Crippen LogP contribution in [0.2, 0.25) is 0 Å². The number of rotatable bonds is 11. The third-order valence-corrected chi connectivity index (χ3v) is 5.34. The smallest absolute Gasteiger partial charge is 0.415 e. The summed E-state index contributed by atoms with van der Waals surface area (Å²) in [4.78, 5) is 26.2. The minimum Gasteiger partial charge on any atom is -0.493 e. The fourth-order valence-corrected chi connectivity index (χ4v) is 3.59. The summed E-state index contributed by atoms with van der Waals surface area (Å²) in [7, 11) is 1.53. The lowest BCUT2D eigenvalue weighted by molar-refractivity contribution is -0.121. The van der Waals surface area contributed by atoms with Crippen molar-refractivity contribution in [1.82, 2.24) is 10.2 Å². The highest BCUT2D eigenvalue weighted by Gasteiger charge is 2.29. The van der Waals surface area contributed by atoms with Crippen molar-refractivity contribution in [3.05, 3.63) is 35.9 Å². The van der Waals surface area contributed by atoms with Gasteiger partial charge in [0, 0.05) is 32.1 Å². The van der Waals surface area contributed by atoms with Crippen LogP contribution in [-0.2, 0) is 11.3 Å². The fraction of sp³-hybridized carbons (Fsp3) is 0.583. The van der Waals surface area contributed by atoms with Gasteiger partial charge in [-0.1, -0.05) is 32.1 Å². The minimum atomic E-state index is -0.407. The van der Waals surface area contributed by atoms with Crippen LogP contribution in [0.1, 0.15) is 57.9 Å². The van der Waals surface area contributed by atoms with E-state index in [1.165, 1.54) is 7.11 Å². The molecule has 0 spiro atoms. The highest BCUT2D eigenvalue weighted by atomic mass is 16.6. The first kappa shape index (κ1) is 24.7. The number of carbonyl (C=O) groups is 2. The van der Waals surface area contributed by atoms with Crippen molar-refractivity contribution >= 4 is 12.0 Å². The first-order valence-corrected chi connectivity index (χ1v) is 11.2. The van der Waals surface area contributed by atoms with Crippen LogP contribution in [0, 0.1) is 5.92 Å². The van der Waals surface area contributed by atoms with Crippen molar-refractivity contribution < 1.29 is 19.1 Å². The second-order valence-electron chi connectivity index (χ2n) is 8.27. The quantitative estimate of drug-likeness (QED) is 0.408. The molecule has 1 heterocycles. The van der Waals surface area contributed by atoms with Gasteiger partial charge in [-0.2, -0.15) is 0 Å². The Bertz CT molecular complexity index is 748. The molecule has 1 unspecified atom stereocenters. The lowest BCUT2D eigenvalue weighted by atomic mass is 10.1. The number of carbonyl (C=O) groups excluding carboxylic acids is 2. The Kier molecular flexibility index (Phi) is 10.4. The number of nitrogens with zero attached hydrogens (tertiary/aromatic N) is 1. The van der Waals surface area contributed by atoms with Crippen LogP contribution in [0.4, 0.5) is 4.79 Å². The van der Waals surface area contributed by atoms with Crippen LogP contribution in [0.3, 0.4) is 0 Å². The Hall–Kier alpha value is -2.54. The van der Waals surface area contributed by atoms with Crippen LogP contribution in [-0.4, -0.2) is 43.1 Å². The summed E-state index contributed by atoms with van der Waals surface area (Å²) in [5, 5.41) is 2.94. The number of ether oxygens (including phenoxy) is 2. The Labute approximate surface area is 186 Å². The van der Waals surface area contributed by atoms with E-state index in [0.29, 0.717) is 43.5 Å². The molecule has 0 aliphatic carbocycles. The van der Waals surface area contributed by atoms with Crippen molar-refractivity contribution in [2.45, 2.75) is 65.0 Å². The zero-order valence-electron chi connectivity index (χ0n) is 19.1. The van der Waals surface area contributed by atoms with Crippen molar-refractivity contribution in [3.8, 4) is 11.5 Å². The second kappa shape index (κ2) is 13.0. The molecular weight excluding hydrogens is 394 g/mol. The number of hydrogen-bond acceptors (Lipinski definition) is 5. The molecule has 172 valence electrons. The predicted octanol–water partition coefficient (Wildman–Crippen LogP) is 4.01. The number of unbranched alkanes of at least 4 members (excludes halogenated alkanes) is 2. The fourth-order valence-electron chi connectivity index (χ4n) is 3.59. The summed E-state index contributed by atoms with van der Waals surface area (Å²) in [6.45, 7) is 5.79. The number of allylic oxidation sites excluding steroid dienone is 2. The number of nitrogens with two attached hydrogens (primary N) is 1. The molecular formula is C24H37N3O4. The van der Waals surface area contributed by atoms with E-state index in [1.807, 2.05) is 6.07 Å². The van der Waals surface area contributed by atoms with Crippen molar-refractivity contribution in [3.63, 3.8) is 0 Å². The molecule has 1 aromatic rings. The molecule has 1 aliphatic rings. The monoisotopic (exact) mass is 431 g/mol. The molecule has 7 nitrogen and oxygen atoms in total. The molecule has 1 atom stereocenters. The van der Waals surface area contributed by atoms with Gasteiger partial charge in [-0.15, -0.1) is 0 Å². The Morgan fingerprint density at radius 2 is 2.10 bits per heavy atom. The van der Waals surface area contributed by atoms with Crippen LogP contribution < -0.4 is 20.5 Å². The Morgan fingerprint density at radius 3 is 2.81 bits per heavy atom. The van der Waals surface area contributed by atoms with Gasteiger partial charge in [0.15, 0.2) is 11.5 Å². The van der Waals surface area contributed by atoms with E-state index in [-0.39, 0.29) is 11.9 Å². The van der Waals surface area contributed by atoms with Crippen LogP contribution in [0.15, 0.2) is 30.4 Å². The zero-order chi connectivity index (χ0) is 22.6. The molecule has 7 heteroatoms. The van der Waals surface area contributed by atoms with Gasteiger partial charge in [0.1, 0.15) is 0 Å². The largest absolute Gasteiger partial charge is 0.493 e. The number of methoxy groups -OCH3 is 1. The maximum Gasteiger partial charge on any atom is 0.415 e. The summed E-state index contributed by atoms with van der Waals surface area (Å²) in [6.07, 6.45) is 9.19. The molecule has 0 saturated carbocycles.